The first-order valence-electron chi connectivity index (χ1n) is 11.1. The maximum Gasteiger partial charge on any atom is 2.00 e. The second-order valence-electron chi connectivity index (χ2n) is 8.94. The quantitative estimate of drug-likeness (QED) is 0.310. The number of amides is 2. The molecule has 0 aromatic heterocycles. The van der Waals surface area contributed by atoms with Gasteiger partial charge < -0.3 is 32.3 Å². The van der Waals surface area contributed by atoms with Crippen molar-refractivity contribution in [2.45, 2.75) is 104 Å². The average molecular weight is 654 g/mol. The number of carbonyl (C=O) groups excluding carboxylic acids is 2. The molecule has 0 aliphatic heterocycles. The van der Waals surface area contributed by atoms with E-state index in [1.165, 1.54) is 26.7 Å². The van der Waals surface area contributed by atoms with Gasteiger partial charge in [0, 0.05) is 13.8 Å². The molecule has 0 bridgehead atoms. The van der Waals surface area contributed by atoms with Crippen LogP contribution in [0, 0.1) is 11.8 Å². The standard InChI is InChI=1S/2C8H15NO3.C6H12N2.Pt/c2*1-5(2)4-7(8(11)12)9-6(3)10;7-5-3-1-2-4-6(5)8;/h2*5,7H,4H2,1-3H3,(H,9,10)(H,11,12);5-8H,1-4H2;/q;;-2;+2. The minimum Gasteiger partial charge on any atom is -0.676 e. The van der Waals surface area contributed by atoms with Crippen molar-refractivity contribution in [3.8, 4) is 0 Å². The summed E-state index contributed by atoms with van der Waals surface area (Å²) in [5, 5.41) is 22.1. The summed E-state index contributed by atoms with van der Waals surface area (Å²) in [5.41, 5.74) is 14.6. The van der Waals surface area contributed by atoms with Gasteiger partial charge in [-0.25, -0.2) is 9.59 Å². The van der Waals surface area contributed by atoms with Crippen LogP contribution in [-0.4, -0.2) is 58.1 Å². The molecular weight excluding hydrogens is 611 g/mol. The van der Waals surface area contributed by atoms with Crippen molar-refractivity contribution in [1.29, 1.82) is 0 Å². The van der Waals surface area contributed by atoms with Crippen LogP contribution in [0.4, 0.5) is 0 Å². The monoisotopic (exact) mass is 653 g/mol. The van der Waals surface area contributed by atoms with Crippen LogP contribution >= 0.6 is 0 Å². The third-order valence-electron chi connectivity index (χ3n) is 4.53. The Morgan fingerprint density at radius 1 is 0.758 bits per heavy atom. The maximum atomic E-state index is 10.6. The smallest absolute Gasteiger partial charge is 0.676 e. The Hall–Kier alpha value is -1.51. The number of carboxylic acids is 2. The molecular formula is C22H42N4O6Pt. The number of nitrogens with one attached hydrogen (secondary N) is 4. The van der Waals surface area contributed by atoms with Crippen LogP contribution in [0.25, 0.3) is 11.5 Å². The van der Waals surface area contributed by atoms with E-state index in [1.807, 2.05) is 27.7 Å². The predicted octanol–water partition coefficient (Wildman–Crippen LogP) is 3.64. The predicted molar refractivity (Wildman–Crippen MR) is 124 cm³/mol. The molecule has 33 heavy (non-hydrogen) atoms. The van der Waals surface area contributed by atoms with E-state index in [2.05, 4.69) is 10.6 Å². The van der Waals surface area contributed by atoms with Gasteiger partial charge in [0.2, 0.25) is 11.8 Å². The summed E-state index contributed by atoms with van der Waals surface area (Å²) in [7, 11) is 0. The fraction of sp³-hybridized carbons (Fsp3) is 0.818. The first kappa shape index (κ1) is 36.1. The van der Waals surface area contributed by atoms with E-state index < -0.39 is 24.0 Å². The topological polar surface area (TPSA) is 180 Å². The Labute approximate surface area is 212 Å². The molecule has 1 fully saturated rings. The van der Waals surface area contributed by atoms with Crippen molar-refractivity contribution in [1.82, 2.24) is 10.6 Å². The van der Waals surface area contributed by atoms with Crippen LogP contribution < -0.4 is 10.6 Å². The van der Waals surface area contributed by atoms with Gasteiger partial charge in [0.05, 0.1) is 0 Å². The molecule has 0 aromatic rings. The zero-order valence-corrected chi connectivity index (χ0v) is 22.8. The Balaban J connectivity index is -0.000000410. The van der Waals surface area contributed by atoms with E-state index >= 15 is 0 Å². The molecule has 4 unspecified atom stereocenters. The van der Waals surface area contributed by atoms with Gasteiger partial charge in [-0.2, -0.15) is 12.1 Å². The van der Waals surface area contributed by atoms with E-state index in [9.17, 15) is 19.2 Å². The summed E-state index contributed by atoms with van der Waals surface area (Å²) in [6.07, 6.45) is 5.18. The fourth-order valence-corrected chi connectivity index (χ4v) is 3.01. The van der Waals surface area contributed by atoms with Crippen molar-refractivity contribution >= 4 is 23.8 Å². The van der Waals surface area contributed by atoms with Crippen molar-refractivity contribution in [3.63, 3.8) is 0 Å². The summed E-state index contributed by atoms with van der Waals surface area (Å²) in [4.78, 5) is 42.2. The molecule has 2 amide bonds. The van der Waals surface area contributed by atoms with E-state index in [0.29, 0.717) is 12.8 Å². The number of aliphatic carboxylic acids is 2. The van der Waals surface area contributed by atoms with E-state index in [-0.39, 0.29) is 56.8 Å². The fourth-order valence-electron chi connectivity index (χ4n) is 3.01. The van der Waals surface area contributed by atoms with Gasteiger partial charge in [-0.3, -0.25) is 9.59 Å². The Kier molecular flexibility index (Phi) is 21.8. The van der Waals surface area contributed by atoms with Crippen LogP contribution in [0.15, 0.2) is 0 Å². The van der Waals surface area contributed by atoms with Crippen LogP contribution in [0.5, 0.6) is 0 Å². The van der Waals surface area contributed by atoms with Gasteiger partial charge in [0.1, 0.15) is 12.1 Å². The van der Waals surface area contributed by atoms with Crippen molar-refractivity contribution in [2.75, 3.05) is 0 Å². The van der Waals surface area contributed by atoms with E-state index in [0.717, 1.165) is 12.8 Å². The number of hydrogen-bond donors (Lipinski definition) is 4. The van der Waals surface area contributed by atoms with Crippen molar-refractivity contribution < 1.29 is 50.5 Å². The Morgan fingerprint density at radius 3 is 1.18 bits per heavy atom. The SMILES string of the molecule is CC(=O)NC(CC(C)C)C(=O)O.CC(=O)NC(CC(C)C)C(=O)O.[NH-]C1CCCCC1[NH-].[Pt+2]. The molecule has 0 spiro atoms. The van der Waals surface area contributed by atoms with Crippen LogP contribution in [0.2, 0.25) is 0 Å². The number of carbonyl (C=O) groups is 4. The van der Waals surface area contributed by atoms with Gasteiger partial charge in [-0.1, -0.05) is 53.4 Å². The molecule has 6 N–H and O–H groups in total. The third-order valence-corrected chi connectivity index (χ3v) is 4.53. The normalized spacial score (nSPS) is 18.8. The Morgan fingerprint density at radius 2 is 1.03 bits per heavy atom. The summed E-state index contributed by atoms with van der Waals surface area (Å²) in [6.45, 7) is 10.3. The number of rotatable bonds is 8. The van der Waals surface area contributed by atoms with Gasteiger partial charge in [-0.05, 0) is 24.7 Å². The second kappa shape index (κ2) is 19.9. The third kappa shape index (κ3) is 22.1. The first-order valence-corrected chi connectivity index (χ1v) is 11.1. The Bertz CT molecular complexity index is 539. The van der Waals surface area contributed by atoms with Gasteiger partial charge >= 0.3 is 33.0 Å². The zero-order chi connectivity index (χ0) is 25.4. The molecule has 11 heteroatoms. The molecule has 4 atom stereocenters. The molecule has 1 aliphatic rings. The van der Waals surface area contributed by atoms with Crippen LogP contribution in [-0.2, 0) is 40.2 Å². The molecule has 0 radical (unpaired) electrons. The molecule has 10 nitrogen and oxygen atoms in total. The molecule has 0 aromatic carbocycles. The van der Waals surface area contributed by atoms with Crippen LogP contribution in [0.1, 0.15) is 80.1 Å². The molecule has 0 heterocycles. The molecule has 1 saturated carbocycles. The average Bonchev–Trinajstić information content (AvgIpc) is 2.62. The largest absolute Gasteiger partial charge is 2.00 e. The van der Waals surface area contributed by atoms with Crippen molar-refractivity contribution in [2.24, 2.45) is 11.8 Å². The van der Waals surface area contributed by atoms with Gasteiger partial charge in [-0.15, -0.1) is 0 Å². The summed E-state index contributed by atoms with van der Waals surface area (Å²) >= 11 is 0. The maximum absolute atomic E-state index is 10.6. The van der Waals surface area contributed by atoms with Crippen LogP contribution in [0.3, 0.4) is 0 Å². The number of carboxylic acid groups (broad SMARTS) is 2. The van der Waals surface area contributed by atoms with Crippen molar-refractivity contribution in [3.05, 3.63) is 11.5 Å². The minimum absolute atomic E-state index is 0. The second-order valence-corrected chi connectivity index (χ2v) is 8.94. The first-order chi connectivity index (χ1) is 14.7. The summed E-state index contributed by atoms with van der Waals surface area (Å²) < 4.78 is 0. The minimum atomic E-state index is -0.973. The summed E-state index contributed by atoms with van der Waals surface area (Å²) in [6, 6.07) is -1.66. The molecule has 1 aliphatic carbocycles. The molecule has 196 valence electrons. The number of hydrogen-bond acceptors (Lipinski definition) is 4. The molecule has 0 saturated heterocycles. The summed E-state index contributed by atoms with van der Waals surface area (Å²) in [5.74, 6) is -2.03. The molecule has 1 rings (SSSR count). The van der Waals surface area contributed by atoms with Gasteiger partial charge in [0.25, 0.3) is 0 Å². The van der Waals surface area contributed by atoms with Gasteiger partial charge in [0.15, 0.2) is 0 Å². The zero-order valence-electron chi connectivity index (χ0n) is 20.6. The van der Waals surface area contributed by atoms with E-state index in [4.69, 9.17) is 21.7 Å². The van der Waals surface area contributed by atoms with E-state index in [1.54, 1.807) is 0 Å².